The van der Waals surface area contributed by atoms with Crippen LogP contribution in [0.25, 0.3) is 0 Å². The smallest absolute Gasteiger partial charge is 0.167 e. The second kappa shape index (κ2) is 3.88. The molecule has 0 amide bonds. The Bertz CT molecular complexity index is 398. The zero-order valence-electron chi connectivity index (χ0n) is 9.00. The number of fused-ring (bicyclic) bond motifs is 1. The first-order valence-corrected chi connectivity index (χ1v) is 6.18. The van der Waals surface area contributed by atoms with Crippen molar-refractivity contribution < 1.29 is 4.39 Å². The highest BCUT2D eigenvalue weighted by Crippen LogP contribution is 2.39. The number of rotatable bonds is 1. The van der Waals surface area contributed by atoms with Gasteiger partial charge >= 0.3 is 0 Å². The molecule has 1 aromatic heterocycles. The van der Waals surface area contributed by atoms with Crippen LogP contribution in [0, 0.1) is 17.7 Å². The van der Waals surface area contributed by atoms with Crippen LogP contribution in [0.3, 0.4) is 0 Å². The summed E-state index contributed by atoms with van der Waals surface area (Å²) in [6.07, 6.45) is 5.43. The van der Waals surface area contributed by atoms with Crippen LogP contribution in [0.5, 0.6) is 0 Å². The average Bonchev–Trinajstić information content (AvgIpc) is 2.76. The van der Waals surface area contributed by atoms with Crippen molar-refractivity contribution >= 4 is 17.4 Å². The second-order valence-electron chi connectivity index (χ2n) is 4.82. The van der Waals surface area contributed by atoms with E-state index in [1.54, 1.807) is 0 Å². The topological polar surface area (TPSA) is 16.1 Å². The molecule has 1 aliphatic carbocycles. The molecule has 0 N–H and O–H groups in total. The van der Waals surface area contributed by atoms with Crippen LogP contribution >= 0.6 is 11.6 Å². The summed E-state index contributed by atoms with van der Waals surface area (Å²) in [5, 5.41) is 0.362. The van der Waals surface area contributed by atoms with Gasteiger partial charge in [0.2, 0.25) is 0 Å². The molecule has 1 saturated heterocycles. The minimum Gasteiger partial charge on any atom is -0.354 e. The summed E-state index contributed by atoms with van der Waals surface area (Å²) in [5.41, 5.74) is 0. The fraction of sp³-hybridized carbons (Fsp3) is 0.583. The standard InChI is InChI=1S/C12H14ClFN2/c13-10-4-11(14)12(15-5-10)16-6-8-2-1-3-9(8)7-16/h4-5,8-9H,1-3,6-7H2. The van der Waals surface area contributed by atoms with Crippen molar-refractivity contribution in [1.29, 1.82) is 0 Å². The van der Waals surface area contributed by atoms with Crippen LogP contribution in [-0.2, 0) is 0 Å². The van der Waals surface area contributed by atoms with Gasteiger partial charge in [-0.05, 0) is 30.7 Å². The molecule has 1 aromatic rings. The molecular formula is C12H14ClFN2. The molecule has 2 nitrogen and oxygen atoms in total. The van der Waals surface area contributed by atoms with E-state index in [1.165, 1.54) is 31.5 Å². The van der Waals surface area contributed by atoms with Crippen LogP contribution in [0.2, 0.25) is 5.02 Å². The van der Waals surface area contributed by atoms with Gasteiger partial charge in [0.1, 0.15) is 0 Å². The molecule has 0 bridgehead atoms. The number of hydrogen-bond acceptors (Lipinski definition) is 2. The van der Waals surface area contributed by atoms with Gasteiger partial charge in [0, 0.05) is 19.3 Å². The average molecular weight is 241 g/mol. The van der Waals surface area contributed by atoms with Crippen molar-refractivity contribution in [2.24, 2.45) is 11.8 Å². The van der Waals surface area contributed by atoms with Gasteiger partial charge in [-0.2, -0.15) is 0 Å². The number of pyridine rings is 1. The van der Waals surface area contributed by atoms with Gasteiger partial charge in [-0.15, -0.1) is 0 Å². The Kier molecular flexibility index (Phi) is 2.51. The highest BCUT2D eigenvalue weighted by atomic mass is 35.5. The first-order chi connectivity index (χ1) is 7.74. The van der Waals surface area contributed by atoms with E-state index in [-0.39, 0.29) is 5.82 Å². The van der Waals surface area contributed by atoms with Crippen molar-refractivity contribution in [3.63, 3.8) is 0 Å². The van der Waals surface area contributed by atoms with Gasteiger partial charge in [0.25, 0.3) is 0 Å². The van der Waals surface area contributed by atoms with Crippen LogP contribution < -0.4 is 4.90 Å². The first kappa shape index (κ1) is 10.3. The number of nitrogens with zero attached hydrogens (tertiary/aromatic N) is 2. The van der Waals surface area contributed by atoms with Gasteiger partial charge in [0.15, 0.2) is 11.6 Å². The van der Waals surface area contributed by atoms with Gasteiger partial charge in [-0.3, -0.25) is 0 Å². The molecule has 4 heteroatoms. The van der Waals surface area contributed by atoms with Crippen molar-refractivity contribution in [2.45, 2.75) is 19.3 Å². The Labute approximate surface area is 99.4 Å². The van der Waals surface area contributed by atoms with E-state index in [1.807, 2.05) is 0 Å². The fourth-order valence-corrected chi connectivity index (χ4v) is 3.19. The molecule has 0 aromatic carbocycles. The molecule has 2 fully saturated rings. The SMILES string of the molecule is Fc1cc(Cl)cnc1N1CC2CCCC2C1. The molecule has 2 aliphatic rings. The Morgan fingerprint density at radius 1 is 1.31 bits per heavy atom. The summed E-state index contributed by atoms with van der Waals surface area (Å²) in [7, 11) is 0. The summed E-state index contributed by atoms with van der Waals surface area (Å²) < 4.78 is 13.7. The Hall–Kier alpha value is -0.830. The third-order valence-corrected chi connectivity index (χ3v) is 4.02. The first-order valence-electron chi connectivity index (χ1n) is 5.80. The summed E-state index contributed by atoms with van der Waals surface area (Å²) >= 11 is 5.70. The molecular weight excluding hydrogens is 227 g/mol. The summed E-state index contributed by atoms with van der Waals surface area (Å²) in [5.74, 6) is 1.67. The van der Waals surface area contributed by atoms with E-state index in [2.05, 4.69) is 9.88 Å². The Morgan fingerprint density at radius 2 is 2.00 bits per heavy atom. The fourth-order valence-electron chi connectivity index (χ4n) is 3.05. The zero-order valence-corrected chi connectivity index (χ0v) is 9.75. The van der Waals surface area contributed by atoms with Crippen molar-refractivity contribution in [3.05, 3.63) is 23.1 Å². The molecule has 2 heterocycles. The second-order valence-corrected chi connectivity index (χ2v) is 5.25. The Balaban J connectivity index is 1.83. The maximum Gasteiger partial charge on any atom is 0.167 e. The van der Waals surface area contributed by atoms with Crippen molar-refractivity contribution in [1.82, 2.24) is 4.98 Å². The number of halogens is 2. The lowest BCUT2D eigenvalue weighted by molar-refractivity contribution is 0.494. The van der Waals surface area contributed by atoms with Gasteiger partial charge in [0.05, 0.1) is 5.02 Å². The normalized spacial score (nSPS) is 28.5. The molecule has 2 atom stereocenters. The molecule has 0 spiro atoms. The predicted octanol–water partition coefficient (Wildman–Crippen LogP) is 3.11. The summed E-state index contributed by atoms with van der Waals surface area (Å²) in [6, 6.07) is 1.35. The molecule has 0 radical (unpaired) electrons. The van der Waals surface area contributed by atoms with Crippen LogP contribution in [0.15, 0.2) is 12.3 Å². The van der Waals surface area contributed by atoms with E-state index in [0.29, 0.717) is 10.8 Å². The van der Waals surface area contributed by atoms with Gasteiger partial charge in [-0.1, -0.05) is 18.0 Å². The third-order valence-electron chi connectivity index (χ3n) is 3.81. The molecule has 3 rings (SSSR count). The predicted molar refractivity (Wildman–Crippen MR) is 62.2 cm³/mol. The van der Waals surface area contributed by atoms with Crippen LogP contribution in [0.1, 0.15) is 19.3 Å². The van der Waals surface area contributed by atoms with Crippen molar-refractivity contribution in [2.75, 3.05) is 18.0 Å². The van der Waals surface area contributed by atoms with Crippen molar-refractivity contribution in [3.8, 4) is 0 Å². The highest BCUT2D eigenvalue weighted by molar-refractivity contribution is 6.30. The maximum absolute atomic E-state index is 13.7. The lowest BCUT2D eigenvalue weighted by Crippen LogP contribution is -2.23. The highest BCUT2D eigenvalue weighted by Gasteiger charge is 2.37. The number of hydrogen-bond donors (Lipinski definition) is 0. The molecule has 86 valence electrons. The summed E-state index contributed by atoms with van der Waals surface area (Å²) in [4.78, 5) is 6.18. The Morgan fingerprint density at radius 3 is 2.62 bits per heavy atom. The van der Waals surface area contributed by atoms with Gasteiger partial charge in [-0.25, -0.2) is 9.37 Å². The van der Waals surface area contributed by atoms with E-state index in [9.17, 15) is 4.39 Å². The third kappa shape index (κ3) is 1.67. The molecule has 2 unspecified atom stereocenters. The minimum atomic E-state index is -0.299. The molecule has 1 aliphatic heterocycles. The molecule has 1 saturated carbocycles. The van der Waals surface area contributed by atoms with E-state index in [4.69, 9.17) is 11.6 Å². The zero-order chi connectivity index (χ0) is 11.1. The lowest BCUT2D eigenvalue weighted by atomic mass is 10.0. The van der Waals surface area contributed by atoms with E-state index in [0.717, 1.165) is 24.9 Å². The van der Waals surface area contributed by atoms with Gasteiger partial charge < -0.3 is 4.90 Å². The largest absolute Gasteiger partial charge is 0.354 e. The molecule has 16 heavy (non-hydrogen) atoms. The quantitative estimate of drug-likeness (QED) is 0.750. The van der Waals surface area contributed by atoms with Crippen LogP contribution in [0.4, 0.5) is 10.2 Å². The minimum absolute atomic E-state index is 0.299. The monoisotopic (exact) mass is 240 g/mol. The number of aromatic nitrogens is 1. The summed E-state index contributed by atoms with van der Waals surface area (Å²) in [6.45, 7) is 1.91. The van der Waals surface area contributed by atoms with Crippen LogP contribution in [-0.4, -0.2) is 18.1 Å². The van der Waals surface area contributed by atoms with E-state index < -0.39 is 0 Å². The maximum atomic E-state index is 13.7. The van der Waals surface area contributed by atoms with E-state index >= 15 is 0 Å². The number of anilines is 1. The lowest BCUT2D eigenvalue weighted by Gasteiger charge is -2.18.